The first-order valence-electron chi connectivity index (χ1n) is 8.42. The van der Waals surface area contributed by atoms with E-state index in [-0.39, 0.29) is 0 Å². The van der Waals surface area contributed by atoms with E-state index in [0.717, 1.165) is 24.2 Å². The molecule has 3 N–H and O–H groups in total. The molecule has 1 aromatic carbocycles. The van der Waals surface area contributed by atoms with Gasteiger partial charge < -0.3 is 20.4 Å². The van der Waals surface area contributed by atoms with Gasteiger partial charge in [0.05, 0.1) is 13.3 Å². The Balaban J connectivity index is 1.45. The number of aromatic nitrogens is 6. The first-order chi connectivity index (χ1) is 13.3. The van der Waals surface area contributed by atoms with Crippen molar-refractivity contribution in [3.05, 3.63) is 54.7 Å². The van der Waals surface area contributed by atoms with E-state index in [1.54, 1.807) is 25.7 Å². The fourth-order valence-electron chi connectivity index (χ4n) is 2.62. The van der Waals surface area contributed by atoms with E-state index in [4.69, 9.17) is 4.74 Å². The van der Waals surface area contributed by atoms with Crippen LogP contribution in [0.2, 0.25) is 0 Å². The molecule has 0 aliphatic heterocycles. The second kappa shape index (κ2) is 7.65. The van der Waals surface area contributed by atoms with Crippen molar-refractivity contribution in [3.63, 3.8) is 0 Å². The Morgan fingerprint density at radius 3 is 2.74 bits per heavy atom. The van der Waals surface area contributed by atoms with Crippen LogP contribution in [0, 0.1) is 0 Å². The number of hydrogen-bond donors (Lipinski definition) is 3. The SMILES string of the molecule is COc1ccc(CCNc2ncnc3nc(Nc4cnccn4)[nH]c23)cc1. The smallest absolute Gasteiger partial charge is 0.208 e. The molecule has 0 unspecified atom stereocenters. The molecule has 4 rings (SSSR count). The van der Waals surface area contributed by atoms with E-state index in [2.05, 4.69) is 52.7 Å². The van der Waals surface area contributed by atoms with Crippen molar-refractivity contribution in [3.8, 4) is 5.75 Å². The summed E-state index contributed by atoms with van der Waals surface area (Å²) in [6.45, 7) is 0.727. The van der Waals surface area contributed by atoms with Gasteiger partial charge in [0.2, 0.25) is 5.95 Å². The lowest BCUT2D eigenvalue weighted by molar-refractivity contribution is 0.414. The predicted octanol–water partition coefficient (Wildman–Crippen LogP) is 2.55. The van der Waals surface area contributed by atoms with E-state index in [1.165, 1.54) is 11.9 Å². The van der Waals surface area contributed by atoms with Crippen molar-refractivity contribution in [1.29, 1.82) is 0 Å². The third-order valence-electron chi connectivity index (χ3n) is 3.96. The Labute approximate surface area is 155 Å². The fourth-order valence-corrected chi connectivity index (χ4v) is 2.62. The molecule has 0 atom stereocenters. The van der Waals surface area contributed by atoms with Gasteiger partial charge in [0, 0.05) is 18.9 Å². The van der Waals surface area contributed by atoms with E-state index in [9.17, 15) is 0 Å². The van der Waals surface area contributed by atoms with E-state index < -0.39 is 0 Å². The Morgan fingerprint density at radius 2 is 1.96 bits per heavy atom. The number of nitrogens with one attached hydrogen (secondary N) is 3. The number of rotatable bonds is 7. The summed E-state index contributed by atoms with van der Waals surface area (Å²) in [6, 6.07) is 8.01. The van der Waals surface area contributed by atoms with Crippen LogP contribution in [0.5, 0.6) is 5.75 Å². The Morgan fingerprint density at radius 1 is 1.07 bits per heavy atom. The number of imidazole rings is 1. The minimum Gasteiger partial charge on any atom is -0.497 e. The number of methoxy groups -OCH3 is 1. The maximum absolute atomic E-state index is 5.18. The van der Waals surface area contributed by atoms with Crippen molar-refractivity contribution in [1.82, 2.24) is 29.9 Å². The molecular formula is C18H18N8O. The zero-order valence-electron chi connectivity index (χ0n) is 14.7. The van der Waals surface area contributed by atoms with E-state index in [0.29, 0.717) is 23.2 Å². The minimum absolute atomic E-state index is 0.532. The average molecular weight is 362 g/mol. The van der Waals surface area contributed by atoms with Gasteiger partial charge in [-0.3, -0.25) is 4.98 Å². The lowest BCUT2D eigenvalue weighted by Crippen LogP contribution is -2.07. The summed E-state index contributed by atoms with van der Waals surface area (Å²) in [7, 11) is 1.66. The molecule has 0 saturated heterocycles. The third-order valence-corrected chi connectivity index (χ3v) is 3.96. The van der Waals surface area contributed by atoms with Crippen LogP contribution in [0.25, 0.3) is 11.2 Å². The lowest BCUT2D eigenvalue weighted by atomic mass is 10.1. The van der Waals surface area contributed by atoms with Crippen LogP contribution in [-0.4, -0.2) is 43.6 Å². The van der Waals surface area contributed by atoms with Crippen LogP contribution >= 0.6 is 0 Å². The van der Waals surface area contributed by atoms with Crippen LogP contribution in [0.4, 0.5) is 17.6 Å². The number of H-pyrrole nitrogens is 1. The molecule has 0 spiro atoms. The van der Waals surface area contributed by atoms with E-state index in [1.807, 2.05) is 12.1 Å². The predicted molar refractivity (Wildman–Crippen MR) is 102 cm³/mol. The summed E-state index contributed by atoms with van der Waals surface area (Å²) in [6.07, 6.45) is 7.18. The zero-order valence-corrected chi connectivity index (χ0v) is 14.7. The molecule has 9 heteroatoms. The molecule has 0 amide bonds. The van der Waals surface area contributed by atoms with Crippen LogP contribution in [0.1, 0.15) is 5.56 Å². The molecule has 0 aliphatic rings. The highest BCUT2D eigenvalue weighted by molar-refractivity contribution is 5.84. The number of benzene rings is 1. The summed E-state index contributed by atoms with van der Waals surface area (Å²) in [4.78, 5) is 24.3. The van der Waals surface area contributed by atoms with Crippen molar-refractivity contribution < 1.29 is 4.74 Å². The molecule has 136 valence electrons. The van der Waals surface area contributed by atoms with Crippen LogP contribution in [0.3, 0.4) is 0 Å². The van der Waals surface area contributed by atoms with Crippen LogP contribution in [0.15, 0.2) is 49.2 Å². The number of ether oxygens (including phenoxy) is 1. The first kappa shape index (κ1) is 16.7. The van der Waals surface area contributed by atoms with Crippen LogP contribution < -0.4 is 15.4 Å². The van der Waals surface area contributed by atoms with Gasteiger partial charge >= 0.3 is 0 Å². The molecular weight excluding hydrogens is 344 g/mol. The first-order valence-corrected chi connectivity index (χ1v) is 8.42. The maximum Gasteiger partial charge on any atom is 0.208 e. The van der Waals surface area contributed by atoms with Crippen molar-refractivity contribution >= 4 is 28.7 Å². The molecule has 0 radical (unpaired) electrons. The van der Waals surface area contributed by atoms with Crippen LogP contribution in [-0.2, 0) is 6.42 Å². The highest BCUT2D eigenvalue weighted by atomic mass is 16.5. The van der Waals surface area contributed by atoms with Crippen molar-refractivity contribution in [2.24, 2.45) is 0 Å². The summed E-state index contributed by atoms with van der Waals surface area (Å²) >= 11 is 0. The number of anilines is 3. The minimum atomic E-state index is 0.532. The molecule has 3 heterocycles. The summed E-state index contributed by atoms with van der Waals surface area (Å²) < 4.78 is 5.18. The third kappa shape index (κ3) is 3.92. The second-order valence-electron chi connectivity index (χ2n) is 5.75. The number of fused-ring (bicyclic) bond motifs is 1. The topological polar surface area (TPSA) is 114 Å². The van der Waals surface area contributed by atoms with Crippen molar-refractivity contribution in [2.45, 2.75) is 6.42 Å². The maximum atomic E-state index is 5.18. The second-order valence-corrected chi connectivity index (χ2v) is 5.75. The normalized spacial score (nSPS) is 10.7. The molecule has 0 bridgehead atoms. The zero-order chi connectivity index (χ0) is 18.5. The standard InChI is InChI=1S/C18H18N8O/c1-27-13-4-2-12(3-5-13)6-7-21-16-15-17(23-11-22-16)26-18(25-15)24-14-10-19-8-9-20-14/h2-5,8-11H,6-7H2,1H3,(H3,20,21,22,23,24,25,26). The number of aromatic amines is 1. The van der Waals surface area contributed by atoms with E-state index >= 15 is 0 Å². The molecule has 0 saturated carbocycles. The Kier molecular flexibility index (Phi) is 4.73. The molecule has 0 fully saturated rings. The highest BCUT2D eigenvalue weighted by Crippen LogP contribution is 2.20. The number of hydrogen-bond acceptors (Lipinski definition) is 8. The summed E-state index contributed by atoms with van der Waals surface area (Å²) in [5, 5.41) is 6.40. The van der Waals surface area contributed by atoms with Gasteiger partial charge in [0.25, 0.3) is 0 Å². The van der Waals surface area contributed by atoms with Crippen molar-refractivity contribution in [2.75, 3.05) is 24.3 Å². The molecule has 27 heavy (non-hydrogen) atoms. The Bertz CT molecular complexity index is 1020. The fraction of sp³-hybridized carbons (Fsp3) is 0.167. The average Bonchev–Trinajstić information content (AvgIpc) is 3.12. The van der Waals surface area contributed by atoms with Gasteiger partial charge in [-0.2, -0.15) is 4.98 Å². The largest absolute Gasteiger partial charge is 0.497 e. The highest BCUT2D eigenvalue weighted by Gasteiger charge is 2.10. The van der Waals surface area contributed by atoms with Gasteiger partial charge in [0.1, 0.15) is 17.6 Å². The monoisotopic (exact) mass is 362 g/mol. The van der Waals surface area contributed by atoms with Gasteiger partial charge in [-0.25, -0.2) is 15.0 Å². The molecule has 9 nitrogen and oxygen atoms in total. The summed E-state index contributed by atoms with van der Waals surface area (Å²) in [5.74, 6) is 2.68. The van der Waals surface area contributed by atoms with Gasteiger partial charge in [-0.15, -0.1) is 0 Å². The van der Waals surface area contributed by atoms with Gasteiger partial charge in [-0.05, 0) is 24.1 Å². The Hall–Kier alpha value is -3.75. The summed E-state index contributed by atoms with van der Waals surface area (Å²) in [5.41, 5.74) is 2.52. The molecule has 0 aliphatic carbocycles. The van der Waals surface area contributed by atoms with Gasteiger partial charge in [0.15, 0.2) is 17.3 Å². The molecule has 3 aromatic heterocycles. The molecule has 4 aromatic rings. The quantitative estimate of drug-likeness (QED) is 0.460. The lowest BCUT2D eigenvalue weighted by Gasteiger charge is -2.07. The number of nitrogens with zero attached hydrogens (tertiary/aromatic N) is 5. The van der Waals surface area contributed by atoms with Gasteiger partial charge in [-0.1, -0.05) is 12.1 Å².